The molecule has 1 aromatic rings. The van der Waals surface area contributed by atoms with Gasteiger partial charge in [0, 0.05) is 19.5 Å². The van der Waals surface area contributed by atoms with E-state index < -0.39 is 0 Å². The molecule has 0 radical (unpaired) electrons. The molecule has 1 atom stereocenters. The van der Waals surface area contributed by atoms with E-state index in [1.165, 1.54) is 6.92 Å². The van der Waals surface area contributed by atoms with Gasteiger partial charge in [-0.1, -0.05) is 12.1 Å². The maximum atomic E-state index is 12.4. The van der Waals surface area contributed by atoms with Crippen LogP contribution in [0.25, 0.3) is 0 Å². The van der Waals surface area contributed by atoms with Gasteiger partial charge >= 0.3 is 0 Å². The van der Waals surface area contributed by atoms with Crippen molar-refractivity contribution < 1.29 is 19.1 Å². The summed E-state index contributed by atoms with van der Waals surface area (Å²) in [5.74, 6) is 0.0761. The van der Waals surface area contributed by atoms with E-state index in [1.807, 2.05) is 29.2 Å². The Hall–Kier alpha value is -2.57. The first-order chi connectivity index (χ1) is 12.0. The van der Waals surface area contributed by atoms with Crippen LogP contribution in [0.15, 0.2) is 24.3 Å². The molecule has 0 aromatic heterocycles. The fourth-order valence-electron chi connectivity index (χ4n) is 2.95. The number of methoxy groups -OCH3 is 1. The van der Waals surface area contributed by atoms with Gasteiger partial charge in [0.25, 0.3) is 0 Å². The quantitative estimate of drug-likeness (QED) is 0.751. The second kappa shape index (κ2) is 9.05. The molecule has 0 saturated carbocycles. The normalized spacial score (nSPS) is 16.4. The van der Waals surface area contributed by atoms with Gasteiger partial charge in [-0.05, 0) is 37.0 Å². The molecule has 0 unspecified atom stereocenters. The van der Waals surface area contributed by atoms with Crippen LogP contribution in [-0.4, -0.2) is 55.4 Å². The summed E-state index contributed by atoms with van der Waals surface area (Å²) >= 11 is 0. The SMILES string of the molecule is COc1ccc(C[C@@H]2CCCN2C(=O)CNC(=O)CNC(C)=O)cc1. The largest absolute Gasteiger partial charge is 0.497 e. The average Bonchev–Trinajstić information content (AvgIpc) is 3.06. The monoisotopic (exact) mass is 347 g/mol. The number of rotatable bonds is 7. The molecule has 0 spiro atoms. The van der Waals surface area contributed by atoms with Crippen LogP contribution in [0.1, 0.15) is 25.3 Å². The van der Waals surface area contributed by atoms with E-state index in [0.717, 1.165) is 30.6 Å². The van der Waals surface area contributed by atoms with Gasteiger partial charge in [-0.3, -0.25) is 14.4 Å². The van der Waals surface area contributed by atoms with Crippen LogP contribution in [0.4, 0.5) is 0 Å². The van der Waals surface area contributed by atoms with Crippen molar-refractivity contribution in [3.63, 3.8) is 0 Å². The highest BCUT2D eigenvalue weighted by Gasteiger charge is 2.28. The van der Waals surface area contributed by atoms with Crippen molar-refractivity contribution in [1.29, 1.82) is 0 Å². The smallest absolute Gasteiger partial charge is 0.242 e. The molecule has 3 amide bonds. The molecule has 0 bridgehead atoms. The lowest BCUT2D eigenvalue weighted by Gasteiger charge is -2.25. The van der Waals surface area contributed by atoms with Crippen LogP contribution < -0.4 is 15.4 Å². The number of carbonyl (C=O) groups excluding carboxylic acids is 3. The standard InChI is InChI=1S/C18H25N3O4/c1-13(22)19-11-17(23)20-12-18(24)21-9-3-4-15(21)10-14-5-7-16(25-2)8-6-14/h5-8,15H,3-4,9-12H2,1-2H3,(H,19,22)(H,20,23)/t15-/m0/s1. The second-order valence-corrected chi connectivity index (χ2v) is 6.12. The van der Waals surface area contributed by atoms with E-state index in [2.05, 4.69) is 10.6 Å². The number of hydrogen-bond acceptors (Lipinski definition) is 4. The number of ether oxygens (including phenoxy) is 1. The van der Waals surface area contributed by atoms with Crippen LogP contribution >= 0.6 is 0 Å². The molecule has 1 aliphatic rings. The number of hydrogen-bond donors (Lipinski definition) is 2. The van der Waals surface area contributed by atoms with Gasteiger partial charge in [0.15, 0.2) is 0 Å². The highest BCUT2D eigenvalue weighted by atomic mass is 16.5. The molecule has 1 aliphatic heterocycles. The molecule has 7 nitrogen and oxygen atoms in total. The van der Waals surface area contributed by atoms with E-state index in [0.29, 0.717) is 6.54 Å². The third-order valence-electron chi connectivity index (χ3n) is 4.26. The lowest BCUT2D eigenvalue weighted by atomic mass is 10.0. The second-order valence-electron chi connectivity index (χ2n) is 6.12. The molecule has 1 saturated heterocycles. The molecule has 0 aliphatic carbocycles. The van der Waals surface area contributed by atoms with Gasteiger partial charge < -0.3 is 20.3 Å². The molecule has 1 fully saturated rings. The molecular weight excluding hydrogens is 322 g/mol. The highest BCUT2D eigenvalue weighted by molar-refractivity contribution is 5.87. The van der Waals surface area contributed by atoms with E-state index in [-0.39, 0.29) is 36.9 Å². The van der Waals surface area contributed by atoms with Crippen LogP contribution in [0.5, 0.6) is 5.75 Å². The molecule has 7 heteroatoms. The van der Waals surface area contributed by atoms with Crippen molar-refractivity contribution in [2.24, 2.45) is 0 Å². The van der Waals surface area contributed by atoms with Gasteiger partial charge in [-0.25, -0.2) is 0 Å². The number of amides is 3. The van der Waals surface area contributed by atoms with Crippen LogP contribution in [0, 0.1) is 0 Å². The Balaban J connectivity index is 1.83. The van der Waals surface area contributed by atoms with Gasteiger partial charge in [-0.15, -0.1) is 0 Å². The topological polar surface area (TPSA) is 87.7 Å². The first-order valence-electron chi connectivity index (χ1n) is 8.43. The molecule has 2 rings (SSSR count). The maximum Gasteiger partial charge on any atom is 0.242 e. The Bertz CT molecular complexity index is 615. The molecular formula is C18H25N3O4. The summed E-state index contributed by atoms with van der Waals surface area (Å²) in [7, 11) is 1.63. The van der Waals surface area contributed by atoms with E-state index in [1.54, 1.807) is 7.11 Å². The lowest BCUT2D eigenvalue weighted by Crippen LogP contribution is -2.45. The summed E-state index contributed by atoms with van der Waals surface area (Å²) in [5.41, 5.74) is 1.15. The lowest BCUT2D eigenvalue weighted by molar-refractivity contribution is -0.133. The minimum atomic E-state index is -0.366. The van der Waals surface area contributed by atoms with Crippen molar-refractivity contribution in [1.82, 2.24) is 15.5 Å². The fraction of sp³-hybridized carbons (Fsp3) is 0.500. The molecule has 2 N–H and O–H groups in total. The molecule has 136 valence electrons. The van der Waals surface area contributed by atoms with Gasteiger partial charge in [0.05, 0.1) is 20.2 Å². The summed E-state index contributed by atoms with van der Waals surface area (Å²) in [6, 6.07) is 8.00. The predicted octanol–water partition coefficient (Wildman–Crippen LogP) is 0.481. The Labute approximate surface area is 147 Å². The Morgan fingerprint density at radius 3 is 2.52 bits per heavy atom. The fourth-order valence-corrected chi connectivity index (χ4v) is 2.95. The van der Waals surface area contributed by atoms with E-state index in [9.17, 15) is 14.4 Å². The van der Waals surface area contributed by atoms with Gasteiger partial charge in [-0.2, -0.15) is 0 Å². The minimum Gasteiger partial charge on any atom is -0.497 e. The summed E-state index contributed by atoms with van der Waals surface area (Å²) < 4.78 is 5.16. The number of likely N-dealkylation sites (tertiary alicyclic amines) is 1. The Morgan fingerprint density at radius 2 is 1.88 bits per heavy atom. The van der Waals surface area contributed by atoms with Crippen molar-refractivity contribution in [3.8, 4) is 5.75 Å². The Kier molecular flexibility index (Phi) is 6.80. The van der Waals surface area contributed by atoms with Crippen LogP contribution in [0.3, 0.4) is 0 Å². The van der Waals surface area contributed by atoms with Gasteiger partial charge in [0.1, 0.15) is 5.75 Å². The van der Waals surface area contributed by atoms with Crippen LogP contribution in [0.2, 0.25) is 0 Å². The van der Waals surface area contributed by atoms with Crippen molar-refractivity contribution >= 4 is 17.7 Å². The van der Waals surface area contributed by atoms with Crippen molar-refractivity contribution in [2.45, 2.75) is 32.2 Å². The van der Waals surface area contributed by atoms with Crippen molar-refractivity contribution in [3.05, 3.63) is 29.8 Å². The first kappa shape index (κ1) is 18.8. The number of benzene rings is 1. The van der Waals surface area contributed by atoms with Crippen LogP contribution in [-0.2, 0) is 20.8 Å². The third kappa shape index (κ3) is 5.77. The predicted molar refractivity (Wildman–Crippen MR) is 93.1 cm³/mol. The summed E-state index contributed by atoms with van der Waals surface area (Å²) in [4.78, 5) is 36.6. The van der Waals surface area contributed by atoms with Crippen molar-refractivity contribution in [2.75, 3.05) is 26.7 Å². The Morgan fingerprint density at radius 1 is 1.16 bits per heavy atom. The van der Waals surface area contributed by atoms with E-state index >= 15 is 0 Å². The third-order valence-corrected chi connectivity index (χ3v) is 4.26. The minimum absolute atomic E-state index is 0.0441. The number of nitrogens with one attached hydrogen (secondary N) is 2. The summed E-state index contributed by atoms with van der Waals surface area (Å²) in [5, 5.41) is 4.96. The molecule has 25 heavy (non-hydrogen) atoms. The van der Waals surface area contributed by atoms with E-state index in [4.69, 9.17) is 4.74 Å². The average molecular weight is 347 g/mol. The maximum absolute atomic E-state index is 12.4. The zero-order valence-corrected chi connectivity index (χ0v) is 14.7. The zero-order valence-electron chi connectivity index (χ0n) is 14.7. The number of carbonyl (C=O) groups is 3. The highest BCUT2D eigenvalue weighted by Crippen LogP contribution is 2.22. The number of nitrogens with zero attached hydrogens (tertiary/aromatic N) is 1. The first-order valence-corrected chi connectivity index (χ1v) is 8.43. The zero-order chi connectivity index (χ0) is 18.2. The van der Waals surface area contributed by atoms with Gasteiger partial charge in [0.2, 0.25) is 17.7 Å². The molecule has 1 aromatic carbocycles. The summed E-state index contributed by atoms with van der Waals surface area (Å²) in [6.07, 6.45) is 2.71. The molecule has 1 heterocycles. The summed E-state index contributed by atoms with van der Waals surface area (Å²) in [6.45, 7) is 1.89.